The van der Waals surface area contributed by atoms with Gasteiger partial charge in [0.1, 0.15) is 11.6 Å². The zero-order chi connectivity index (χ0) is 22.7. The Labute approximate surface area is 179 Å². The van der Waals surface area contributed by atoms with Crippen molar-refractivity contribution in [1.82, 2.24) is 19.7 Å². The summed E-state index contributed by atoms with van der Waals surface area (Å²) in [7, 11) is 1.76. The maximum absolute atomic E-state index is 12.3. The van der Waals surface area contributed by atoms with Crippen LogP contribution in [0.3, 0.4) is 0 Å². The lowest BCUT2D eigenvalue weighted by Gasteiger charge is -2.08. The van der Waals surface area contributed by atoms with Crippen LogP contribution in [0.25, 0.3) is 22.8 Å². The first-order valence-corrected chi connectivity index (χ1v) is 9.34. The molecule has 3 aromatic heterocycles. The van der Waals surface area contributed by atoms with Crippen molar-refractivity contribution < 1.29 is 22.4 Å². The van der Waals surface area contributed by atoms with Gasteiger partial charge in [0.15, 0.2) is 0 Å². The van der Waals surface area contributed by atoms with Crippen LogP contribution < -0.4 is 15.6 Å². The van der Waals surface area contributed by atoms with Gasteiger partial charge in [-0.2, -0.15) is 4.98 Å². The first kappa shape index (κ1) is 21.1. The predicted molar refractivity (Wildman–Crippen MR) is 109 cm³/mol. The number of alkyl halides is 3. The van der Waals surface area contributed by atoms with Crippen molar-refractivity contribution in [2.75, 3.05) is 12.4 Å². The minimum absolute atomic E-state index is 0.160. The first-order valence-electron chi connectivity index (χ1n) is 9.34. The Kier molecular flexibility index (Phi) is 5.63. The molecule has 1 N–H and O–H groups in total. The molecule has 0 amide bonds. The van der Waals surface area contributed by atoms with Crippen molar-refractivity contribution in [1.29, 1.82) is 0 Å². The van der Waals surface area contributed by atoms with E-state index >= 15 is 0 Å². The van der Waals surface area contributed by atoms with E-state index in [9.17, 15) is 18.0 Å². The standard InChI is InChI=1S/C21H16F3N5O3/c1-25-17-8-2-13(10-26-17)11-29-12-15(5-9-18(29)30)20-27-19(28-32-20)14-3-6-16(7-4-14)31-21(22,23)24/h2-10,12H,11H2,1H3,(H,25,26). The van der Waals surface area contributed by atoms with E-state index in [1.165, 1.54) is 22.8 Å². The molecule has 0 saturated carbocycles. The SMILES string of the molecule is CNc1ccc(Cn2cc(-c3nc(-c4ccc(OC(F)(F)F)cc4)no3)ccc2=O)cn1. The summed E-state index contributed by atoms with van der Waals surface area (Å²) in [4.78, 5) is 20.8. The molecular formula is C21H16F3N5O3. The van der Waals surface area contributed by atoms with Crippen molar-refractivity contribution in [3.63, 3.8) is 0 Å². The molecular weight excluding hydrogens is 427 g/mol. The molecule has 0 unspecified atom stereocenters. The molecule has 0 bridgehead atoms. The van der Waals surface area contributed by atoms with Gasteiger partial charge in [0.25, 0.3) is 11.4 Å². The van der Waals surface area contributed by atoms with Crippen molar-refractivity contribution in [3.8, 4) is 28.6 Å². The number of nitrogens with zero attached hydrogens (tertiary/aromatic N) is 4. The van der Waals surface area contributed by atoms with Crippen LogP contribution in [-0.4, -0.2) is 33.1 Å². The Balaban J connectivity index is 1.55. The summed E-state index contributed by atoms with van der Waals surface area (Å²) in [5.41, 5.74) is 1.57. The zero-order valence-electron chi connectivity index (χ0n) is 16.6. The highest BCUT2D eigenvalue weighted by Gasteiger charge is 2.31. The van der Waals surface area contributed by atoms with Gasteiger partial charge in [-0.15, -0.1) is 13.2 Å². The van der Waals surface area contributed by atoms with Crippen molar-refractivity contribution >= 4 is 5.82 Å². The van der Waals surface area contributed by atoms with Gasteiger partial charge in [-0.1, -0.05) is 11.2 Å². The average Bonchev–Trinajstić information content (AvgIpc) is 3.25. The lowest BCUT2D eigenvalue weighted by molar-refractivity contribution is -0.274. The van der Waals surface area contributed by atoms with Crippen LogP contribution in [-0.2, 0) is 6.54 Å². The van der Waals surface area contributed by atoms with E-state index in [0.29, 0.717) is 23.5 Å². The molecule has 0 fully saturated rings. The summed E-state index contributed by atoms with van der Waals surface area (Å²) in [5, 5.41) is 6.79. The largest absolute Gasteiger partial charge is 0.573 e. The summed E-state index contributed by atoms with van der Waals surface area (Å²) < 4.78 is 47.5. The van der Waals surface area contributed by atoms with Gasteiger partial charge in [-0.3, -0.25) is 4.79 Å². The lowest BCUT2D eigenvalue weighted by atomic mass is 10.2. The number of pyridine rings is 2. The number of nitrogens with one attached hydrogen (secondary N) is 1. The number of benzene rings is 1. The Morgan fingerprint density at radius 3 is 2.47 bits per heavy atom. The number of ether oxygens (including phenoxy) is 1. The molecule has 3 heterocycles. The number of anilines is 1. The Hall–Kier alpha value is -4.15. The molecule has 1 aromatic carbocycles. The fourth-order valence-corrected chi connectivity index (χ4v) is 2.91. The fourth-order valence-electron chi connectivity index (χ4n) is 2.91. The maximum Gasteiger partial charge on any atom is 0.573 e. The van der Waals surface area contributed by atoms with Crippen molar-refractivity contribution in [3.05, 3.63) is 76.8 Å². The second-order valence-corrected chi connectivity index (χ2v) is 6.68. The fraction of sp³-hybridized carbons (Fsp3) is 0.143. The molecule has 32 heavy (non-hydrogen) atoms. The quantitative estimate of drug-likeness (QED) is 0.482. The highest BCUT2D eigenvalue weighted by molar-refractivity contribution is 5.60. The summed E-state index contributed by atoms with van der Waals surface area (Å²) in [6, 6.07) is 11.7. The van der Waals surface area contributed by atoms with E-state index in [-0.39, 0.29) is 23.0 Å². The molecule has 0 aliphatic carbocycles. The summed E-state index contributed by atoms with van der Waals surface area (Å²) in [6.45, 7) is 0.297. The maximum atomic E-state index is 12.3. The summed E-state index contributed by atoms with van der Waals surface area (Å²) in [6.07, 6.45) is -1.51. The number of hydrogen-bond donors (Lipinski definition) is 1. The van der Waals surface area contributed by atoms with E-state index in [1.54, 1.807) is 31.6 Å². The van der Waals surface area contributed by atoms with Gasteiger partial charge in [-0.05, 0) is 42.0 Å². The van der Waals surface area contributed by atoms with Crippen LogP contribution >= 0.6 is 0 Å². The molecule has 0 spiro atoms. The second kappa shape index (κ2) is 8.53. The van der Waals surface area contributed by atoms with Gasteiger partial charge in [0.05, 0.1) is 12.1 Å². The molecule has 0 radical (unpaired) electrons. The van der Waals surface area contributed by atoms with Crippen LogP contribution in [0.2, 0.25) is 0 Å². The van der Waals surface area contributed by atoms with E-state index < -0.39 is 6.36 Å². The minimum atomic E-state index is -4.77. The first-order chi connectivity index (χ1) is 15.3. The van der Waals surface area contributed by atoms with Crippen LogP contribution in [0.5, 0.6) is 5.75 Å². The molecule has 0 aliphatic heterocycles. The minimum Gasteiger partial charge on any atom is -0.406 e. The number of halogens is 3. The molecule has 8 nitrogen and oxygen atoms in total. The summed E-state index contributed by atoms with van der Waals surface area (Å²) >= 11 is 0. The van der Waals surface area contributed by atoms with Gasteiger partial charge < -0.3 is 19.1 Å². The van der Waals surface area contributed by atoms with Crippen molar-refractivity contribution in [2.24, 2.45) is 0 Å². The van der Waals surface area contributed by atoms with E-state index in [2.05, 4.69) is 25.2 Å². The average molecular weight is 443 g/mol. The Bertz CT molecular complexity index is 1270. The van der Waals surface area contributed by atoms with E-state index in [4.69, 9.17) is 4.52 Å². The molecule has 0 saturated heterocycles. The Morgan fingerprint density at radius 2 is 1.81 bits per heavy atom. The molecule has 11 heteroatoms. The van der Waals surface area contributed by atoms with Gasteiger partial charge >= 0.3 is 6.36 Å². The second-order valence-electron chi connectivity index (χ2n) is 6.68. The third-order valence-corrected chi connectivity index (χ3v) is 4.44. The zero-order valence-corrected chi connectivity index (χ0v) is 16.6. The van der Waals surface area contributed by atoms with Crippen LogP contribution in [0.15, 0.2) is 70.2 Å². The van der Waals surface area contributed by atoms with E-state index in [0.717, 1.165) is 17.7 Å². The third kappa shape index (κ3) is 4.94. The predicted octanol–water partition coefficient (Wildman–Crippen LogP) is 3.95. The number of aromatic nitrogens is 4. The lowest BCUT2D eigenvalue weighted by Crippen LogP contribution is -2.19. The monoisotopic (exact) mass is 443 g/mol. The molecule has 0 aliphatic rings. The normalized spacial score (nSPS) is 11.4. The van der Waals surface area contributed by atoms with E-state index in [1.807, 2.05) is 6.07 Å². The topological polar surface area (TPSA) is 95.1 Å². The van der Waals surface area contributed by atoms with Crippen LogP contribution in [0.1, 0.15) is 5.56 Å². The van der Waals surface area contributed by atoms with Crippen LogP contribution in [0.4, 0.5) is 19.0 Å². The smallest absolute Gasteiger partial charge is 0.406 e. The highest BCUT2D eigenvalue weighted by Crippen LogP contribution is 2.26. The third-order valence-electron chi connectivity index (χ3n) is 4.44. The molecule has 4 aromatic rings. The highest BCUT2D eigenvalue weighted by atomic mass is 19.4. The van der Waals surface area contributed by atoms with Gasteiger partial charge in [-0.25, -0.2) is 4.98 Å². The molecule has 164 valence electrons. The van der Waals surface area contributed by atoms with Crippen molar-refractivity contribution in [2.45, 2.75) is 12.9 Å². The Morgan fingerprint density at radius 1 is 1.06 bits per heavy atom. The number of hydrogen-bond acceptors (Lipinski definition) is 7. The molecule has 4 rings (SSSR count). The summed E-state index contributed by atoms with van der Waals surface area (Å²) in [5.74, 6) is 0.705. The van der Waals surface area contributed by atoms with Gasteiger partial charge in [0.2, 0.25) is 5.82 Å². The number of rotatable bonds is 6. The van der Waals surface area contributed by atoms with Gasteiger partial charge in [0, 0.05) is 31.1 Å². The van der Waals surface area contributed by atoms with Crippen LogP contribution in [0, 0.1) is 0 Å². The molecule has 0 atom stereocenters.